The first-order valence-electron chi connectivity index (χ1n) is 13.1. The molecule has 2 amide bonds. The van der Waals surface area contributed by atoms with Gasteiger partial charge in [-0.05, 0) is 0 Å². The Bertz CT molecular complexity index is 1300. The van der Waals surface area contributed by atoms with Crippen LogP contribution in [-0.4, -0.2) is 118 Å². The molecular weight excluding hydrogens is 628 g/mol. The molecule has 0 spiro atoms. The molecule has 248 valence electrons. The van der Waals surface area contributed by atoms with Gasteiger partial charge in [-0.25, -0.2) is 4.79 Å². The highest BCUT2D eigenvalue weighted by Crippen LogP contribution is 2.40. The van der Waals surface area contributed by atoms with Gasteiger partial charge in [0, 0.05) is 52.9 Å². The Morgan fingerprint density at radius 3 is 1.82 bits per heavy atom. The fraction of sp³-hybridized carbons (Fsp3) is 0.577. The van der Waals surface area contributed by atoms with Gasteiger partial charge in [0.15, 0.2) is 18.3 Å². The van der Waals surface area contributed by atoms with Crippen LogP contribution in [-0.2, 0) is 71.6 Å². The summed E-state index contributed by atoms with van der Waals surface area (Å²) < 4.78 is 30.5. The standard InChI is InChI=1S/C26H32N2O16S/c1-10(29)39-7-16-9-45-25-18(24(36)28(25)19(16)26(37)38)27-23(35)22(44-15(6)34)21(43-14(5)33)20(42-13(4)32)17(41-12(3)31)8-40-11(2)30/h17-18,20-22,25H,7-9H2,1-6H3,(H,27,35)(H,37,38)/t17-,18?,20+,21+,22-,25?/m0/s1. The molecule has 0 aliphatic carbocycles. The van der Waals surface area contributed by atoms with E-state index >= 15 is 0 Å². The Hall–Kier alpha value is -4.68. The van der Waals surface area contributed by atoms with Crippen molar-refractivity contribution >= 4 is 65.4 Å². The van der Waals surface area contributed by atoms with Gasteiger partial charge >= 0.3 is 41.8 Å². The summed E-state index contributed by atoms with van der Waals surface area (Å²) in [7, 11) is 0. The van der Waals surface area contributed by atoms with E-state index in [4.69, 9.17) is 28.4 Å². The van der Waals surface area contributed by atoms with Gasteiger partial charge in [0.25, 0.3) is 11.8 Å². The molecule has 2 N–H and O–H groups in total. The minimum absolute atomic E-state index is 0.00785. The lowest BCUT2D eigenvalue weighted by molar-refractivity contribution is -0.203. The van der Waals surface area contributed by atoms with Crippen molar-refractivity contribution in [1.29, 1.82) is 0 Å². The van der Waals surface area contributed by atoms with Crippen LogP contribution in [0.2, 0.25) is 0 Å². The molecule has 0 aromatic heterocycles. The van der Waals surface area contributed by atoms with Gasteiger partial charge in [-0.3, -0.25) is 43.3 Å². The van der Waals surface area contributed by atoms with Gasteiger partial charge in [0.1, 0.15) is 30.3 Å². The second kappa shape index (κ2) is 15.9. The van der Waals surface area contributed by atoms with E-state index in [9.17, 15) is 48.3 Å². The minimum atomic E-state index is -2.14. The Morgan fingerprint density at radius 1 is 0.800 bits per heavy atom. The molecule has 2 unspecified atom stereocenters. The lowest BCUT2D eigenvalue weighted by Crippen LogP contribution is -2.72. The highest BCUT2D eigenvalue weighted by molar-refractivity contribution is 8.00. The van der Waals surface area contributed by atoms with Gasteiger partial charge in [-0.1, -0.05) is 0 Å². The molecule has 1 saturated heterocycles. The second-order valence-electron chi connectivity index (χ2n) is 9.56. The van der Waals surface area contributed by atoms with Gasteiger partial charge in [0.05, 0.1) is 0 Å². The quantitative estimate of drug-likeness (QED) is 0.123. The number of aliphatic carboxylic acids is 1. The molecule has 2 aliphatic heterocycles. The van der Waals surface area contributed by atoms with Gasteiger partial charge < -0.3 is 38.8 Å². The first-order chi connectivity index (χ1) is 20.9. The molecule has 0 aromatic carbocycles. The van der Waals surface area contributed by atoms with Crippen LogP contribution in [0.3, 0.4) is 0 Å². The summed E-state index contributed by atoms with van der Waals surface area (Å²) >= 11 is 1.04. The van der Waals surface area contributed by atoms with Crippen molar-refractivity contribution in [3.05, 3.63) is 11.3 Å². The number of carbonyl (C=O) groups is 9. The predicted molar refractivity (Wildman–Crippen MR) is 145 cm³/mol. The Balaban J connectivity index is 2.47. The van der Waals surface area contributed by atoms with E-state index in [2.05, 4.69) is 5.32 Å². The monoisotopic (exact) mass is 660 g/mol. The Kier molecular flexibility index (Phi) is 12.9. The average Bonchev–Trinajstić information content (AvgIpc) is 2.91. The minimum Gasteiger partial charge on any atom is -0.477 e. The number of carbonyl (C=O) groups excluding carboxylic acids is 8. The molecule has 6 atom stereocenters. The van der Waals surface area contributed by atoms with E-state index in [1.807, 2.05) is 0 Å². The van der Waals surface area contributed by atoms with Gasteiger partial charge in [-0.2, -0.15) is 0 Å². The van der Waals surface area contributed by atoms with Crippen molar-refractivity contribution < 1.29 is 76.7 Å². The first-order valence-corrected chi connectivity index (χ1v) is 14.1. The van der Waals surface area contributed by atoms with Crippen molar-refractivity contribution in [2.75, 3.05) is 19.0 Å². The van der Waals surface area contributed by atoms with E-state index in [1.54, 1.807) is 0 Å². The summed E-state index contributed by atoms with van der Waals surface area (Å²) in [6, 6.07) is -1.37. The van der Waals surface area contributed by atoms with Crippen LogP contribution in [0, 0.1) is 0 Å². The maximum Gasteiger partial charge on any atom is 0.352 e. The molecule has 2 rings (SSSR count). The van der Waals surface area contributed by atoms with Crippen molar-refractivity contribution in [3.8, 4) is 0 Å². The van der Waals surface area contributed by atoms with Crippen LogP contribution in [0.25, 0.3) is 0 Å². The van der Waals surface area contributed by atoms with Crippen LogP contribution in [0.4, 0.5) is 0 Å². The number of hydrogen-bond donors (Lipinski definition) is 2. The number of fused-ring (bicyclic) bond motifs is 1. The maximum atomic E-state index is 13.6. The third-order valence-corrected chi connectivity index (χ3v) is 7.25. The maximum absolute atomic E-state index is 13.6. The number of rotatable bonds is 14. The molecule has 0 saturated carbocycles. The molecule has 19 heteroatoms. The molecule has 0 radical (unpaired) electrons. The zero-order chi connectivity index (χ0) is 34.2. The predicted octanol–water partition coefficient (Wildman–Crippen LogP) is -1.42. The van der Waals surface area contributed by atoms with Crippen molar-refractivity contribution in [3.63, 3.8) is 0 Å². The summed E-state index contributed by atoms with van der Waals surface area (Å²) in [5.74, 6) is -9.25. The summed E-state index contributed by atoms with van der Waals surface area (Å²) in [6.45, 7) is 4.73. The largest absolute Gasteiger partial charge is 0.477 e. The number of carboxylic acids is 1. The Morgan fingerprint density at radius 2 is 1.33 bits per heavy atom. The fourth-order valence-electron chi connectivity index (χ4n) is 4.31. The van der Waals surface area contributed by atoms with Crippen LogP contribution in [0.15, 0.2) is 11.3 Å². The topological polar surface area (TPSA) is 245 Å². The first kappa shape index (κ1) is 36.5. The molecule has 2 aliphatic rings. The number of nitrogens with one attached hydrogen (secondary N) is 1. The van der Waals surface area contributed by atoms with Gasteiger partial charge in [-0.15, -0.1) is 11.8 Å². The molecule has 45 heavy (non-hydrogen) atoms. The van der Waals surface area contributed by atoms with E-state index < -0.39 is 102 Å². The molecule has 18 nitrogen and oxygen atoms in total. The highest BCUT2D eigenvalue weighted by Gasteiger charge is 2.56. The Labute approximate surface area is 260 Å². The summed E-state index contributed by atoms with van der Waals surface area (Å²) in [6.07, 6.45) is -7.74. The lowest BCUT2D eigenvalue weighted by atomic mass is 9.99. The van der Waals surface area contributed by atoms with Crippen molar-refractivity contribution in [2.24, 2.45) is 0 Å². The molecular formula is C26H32N2O16S. The van der Waals surface area contributed by atoms with Crippen molar-refractivity contribution in [1.82, 2.24) is 10.2 Å². The number of carboxylic acid groups (broad SMARTS) is 1. The third-order valence-electron chi connectivity index (χ3n) is 5.91. The third kappa shape index (κ3) is 9.91. The smallest absolute Gasteiger partial charge is 0.352 e. The highest BCUT2D eigenvalue weighted by atomic mass is 32.2. The van der Waals surface area contributed by atoms with Crippen LogP contribution < -0.4 is 5.32 Å². The second-order valence-corrected chi connectivity index (χ2v) is 10.7. The number of β-lactam (4-membered cyclic amide) rings is 1. The van der Waals surface area contributed by atoms with Crippen LogP contribution in [0.1, 0.15) is 41.5 Å². The van der Waals surface area contributed by atoms with E-state index in [-0.39, 0.29) is 17.9 Å². The zero-order valence-electron chi connectivity index (χ0n) is 25.0. The molecule has 0 bridgehead atoms. The summed E-state index contributed by atoms with van der Waals surface area (Å²) in [4.78, 5) is 110. The number of hydrogen-bond acceptors (Lipinski definition) is 16. The molecule has 2 heterocycles. The summed E-state index contributed by atoms with van der Waals surface area (Å²) in [5.41, 5.74) is -0.298. The lowest BCUT2D eigenvalue weighted by Gasteiger charge is -2.49. The molecule has 1 fully saturated rings. The summed E-state index contributed by atoms with van der Waals surface area (Å²) in [5, 5.41) is 11.1. The number of amides is 2. The van der Waals surface area contributed by atoms with E-state index in [1.165, 1.54) is 0 Å². The van der Waals surface area contributed by atoms with E-state index in [0.29, 0.717) is 0 Å². The van der Waals surface area contributed by atoms with Crippen LogP contribution >= 0.6 is 11.8 Å². The average molecular weight is 661 g/mol. The normalized spacial score (nSPS) is 19.7. The van der Waals surface area contributed by atoms with Crippen LogP contribution in [0.5, 0.6) is 0 Å². The zero-order valence-corrected chi connectivity index (χ0v) is 25.8. The number of ether oxygens (including phenoxy) is 6. The number of esters is 6. The van der Waals surface area contributed by atoms with Crippen molar-refractivity contribution in [2.45, 2.75) is 77.4 Å². The fourth-order valence-corrected chi connectivity index (χ4v) is 5.64. The number of thioether (sulfide) groups is 1. The SMILES string of the molecule is CC(=O)OCC1=C(C(=O)O)N2C(=O)C(NC(=O)[C@@H](OC(C)=O)[C@H](OC(C)=O)[C@H](OC(C)=O)[C@H](COC(C)=O)OC(C)=O)C2SC1. The number of nitrogens with zero attached hydrogens (tertiary/aromatic N) is 1. The molecule has 0 aromatic rings. The van der Waals surface area contributed by atoms with E-state index in [0.717, 1.165) is 58.2 Å². The van der Waals surface area contributed by atoms with Gasteiger partial charge in [0.2, 0.25) is 6.10 Å².